The van der Waals surface area contributed by atoms with Crippen molar-refractivity contribution in [2.75, 3.05) is 6.54 Å². The average Bonchev–Trinajstić information content (AvgIpc) is 2.37. The summed E-state index contributed by atoms with van der Waals surface area (Å²) in [4.78, 5) is 11.9. The van der Waals surface area contributed by atoms with E-state index in [4.69, 9.17) is 5.73 Å². The van der Waals surface area contributed by atoms with Crippen LogP contribution in [0.25, 0.3) is 0 Å². The summed E-state index contributed by atoms with van der Waals surface area (Å²) in [5.74, 6) is -1.21. The zero-order chi connectivity index (χ0) is 14.4. The van der Waals surface area contributed by atoms with Gasteiger partial charge in [-0.25, -0.2) is 8.78 Å². The van der Waals surface area contributed by atoms with E-state index in [1.165, 1.54) is 6.07 Å². The smallest absolute Gasteiger partial charge is 0.162 e. The SMILES string of the molecule is CC(C)C(CCN)CCC(=O)c1ccc(F)c(F)c1. The summed E-state index contributed by atoms with van der Waals surface area (Å²) in [5.41, 5.74) is 5.78. The lowest BCUT2D eigenvalue weighted by molar-refractivity contribution is 0.0968. The van der Waals surface area contributed by atoms with Crippen LogP contribution in [0.1, 0.15) is 43.5 Å². The molecule has 2 nitrogen and oxygen atoms in total. The van der Waals surface area contributed by atoms with Crippen LogP contribution in [0.4, 0.5) is 8.78 Å². The van der Waals surface area contributed by atoms with Gasteiger partial charge < -0.3 is 5.73 Å². The van der Waals surface area contributed by atoms with Gasteiger partial charge in [0.1, 0.15) is 0 Å². The number of benzene rings is 1. The number of halogens is 2. The molecule has 0 amide bonds. The Morgan fingerprint density at radius 1 is 1.21 bits per heavy atom. The molecule has 4 heteroatoms. The number of hydrogen-bond acceptors (Lipinski definition) is 2. The second kappa shape index (κ2) is 7.34. The van der Waals surface area contributed by atoms with Crippen LogP contribution in [0, 0.1) is 23.5 Å². The molecule has 1 atom stereocenters. The van der Waals surface area contributed by atoms with Crippen LogP contribution in [0.5, 0.6) is 0 Å². The third-order valence-electron chi connectivity index (χ3n) is 3.46. The maximum atomic E-state index is 13.0. The van der Waals surface area contributed by atoms with Crippen molar-refractivity contribution >= 4 is 5.78 Å². The number of Topliss-reactive ketones (excluding diaryl/α,β-unsaturated/α-hetero) is 1. The first-order valence-corrected chi connectivity index (χ1v) is 6.64. The van der Waals surface area contributed by atoms with Gasteiger partial charge in [0.05, 0.1) is 0 Å². The van der Waals surface area contributed by atoms with Gasteiger partial charge in [-0.15, -0.1) is 0 Å². The van der Waals surface area contributed by atoms with Gasteiger partial charge in [0.15, 0.2) is 17.4 Å². The van der Waals surface area contributed by atoms with E-state index in [0.717, 1.165) is 25.0 Å². The maximum absolute atomic E-state index is 13.0. The van der Waals surface area contributed by atoms with Crippen LogP contribution in [-0.2, 0) is 0 Å². The van der Waals surface area contributed by atoms with Gasteiger partial charge in [0.2, 0.25) is 0 Å². The summed E-state index contributed by atoms with van der Waals surface area (Å²) >= 11 is 0. The van der Waals surface area contributed by atoms with Crippen LogP contribution in [0.2, 0.25) is 0 Å². The summed E-state index contributed by atoms with van der Waals surface area (Å²) in [6.07, 6.45) is 1.95. The van der Waals surface area contributed by atoms with Crippen molar-refractivity contribution in [2.45, 2.75) is 33.1 Å². The van der Waals surface area contributed by atoms with Gasteiger partial charge >= 0.3 is 0 Å². The number of carbonyl (C=O) groups excluding carboxylic acids is 1. The first kappa shape index (κ1) is 15.8. The number of nitrogens with two attached hydrogens (primary N) is 1. The molecule has 0 aromatic heterocycles. The van der Waals surface area contributed by atoms with E-state index in [-0.39, 0.29) is 11.3 Å². The topological polar surface area (TPSA) is 43.1 Å². The van der Waals surface area contributed by atoms with Gasteiger partial charge in [-0.05, 0) is 49.4 Å². The van der Waals surface area contributed by atoms with Crippen LogP contribution in [0.15, 0.2) is 18.2 Å². The molecule has 0 heterocycles. The third kappa shape index (κ3) is 4.71. The highest BCUT2D eigenvalue weighted by Gasteiger charge is 2.16. The molecule has 106 valence electrons. The average molecular weight is 269 g/mol. The molecule has 0 aliphatic heterocycles. The Hall–Kier alpha value is -1.29. The second-order valence-corrected chi connectivity index (χ2v) is 5.17. The molecule has 0 aliphatic carbocycles. The highest BCUT2D eigenvalue weighted by molar-refractivity contribution is 5.96. The monoisotopic (exact) mass is 269 g/mol. The number of rotatable bonds is 7. The molecule has 0 radical (unpaired) electrons. The van der Waals surface area contributed by atoms with Crippen LogP contribution in [-0.4, -0.2) is 12.3 Å². The maximum Gasteiger partial charge on any atom is 0.162 e. The van der Waals surface area contributed by atoms with Crippen molar-refractivity contribution in [2.24, 2.45) is 17.6 Å². The van der Waals surface area contributed by atoms with Crippen molar-refractivity contribution in [1.29, 1.82) is 0 Å². The minimum absolute atomic E-state index is 0.151. The molecular weight excluding hydrogens is 248 g/mol. The van der Waals surface area contributed by atoms with Crippen molar-refractivity contribution in [1.82, 2.24) is 0 Å². The Morgan fingerprint density at radius 2 is 1.89 bits per heavy atom. The van der Waals surface area contributed by atoms with Crippen LogP contribution >= 0.6 is 0 Å². The third-order valence-corrected chi connectivity index (χ3v) is 3.46. The van der Waals surface area contributed by atoms with E-state index < -0.39 is 11.6 Å². The van der Waals surface area contributed by atoms with Gasteiger partial charge in [0.25, 0.3) is 0 Å². The van der Waals surface area contributed by atoms with Crippen molar-refractivity contribution in [3.05, 3.63) is 35.4 Å². The predicted octanol–water partition coefficient (Wildman–Crippen LogP) is 3.55. The zero-order valence-electron chi connectivity index (χ0n) is 11.5. The molecule has 0 aliphatic rings. The van der Waals surface area contributed by atoms with Gasteiger partial charge in [0, 0.05) is 12.0 Å². The van der Waals surface area contributed by atoms with Crippen molar-refractivity contribution in [3.8, 4) is 0 Å². The molecule has 0 saturated carbocycles. The summed E-state index contributed by atoms with van der Waals surface area (Å²) in [5, 5.41) is 0. The normalized spacial score (nSPS) is 12.7. The molecule has 2 N–H and O–H groups in total. The second-order valence-electron chi connectivity index (χ2n) is 5.17. The van der Waals surface area contributed by atoms with E-state index in [9.17, 15) is 13.6 Å². The van der Waals surface area contributed by atoms with Crippen molar-refractivity contribution < 1.29 is 13.6 Å². The summed E-state index contributed by atoms with van der Waals surface area (Å²) in [6, 6.07) is 3.28. The summed E-state index contributed by atoms with van der Waals surface area (Å²) in [7, 11) is 0. The zero-order valence-corrected chi connectivity index (χ0v) is 11.5. The van der Waals surface area contributed by atoms with Gasteiger partial charge in [-0.3, -0.25) is 4.79 Å². The quantitative estimate of drug-likeness (QED) is 0.769. The van der Waals surface area contributed by atoms with Gasteiger partial charge in [-0.1, -0.05) is 13.8 Å². The Labute approximate surface area is 113 Å². The molecule has 19 heavy (non-hydrogen) atoms. The lowest BCUT2D eigenvalue weighted by Gasteiger charge is -2.19. The lowest BCUT2D eigenvalue weighted by atomic mass is 9.87. The lowest BCUT2D eigenvalue weighted by Crippen LogP contribution is -2.16. The number of carbonyl (C=O) groups is 1. The van der Waals surface area contributed by atoms with Crippen molar-refractivity contribution in [3.63, 3.8) is 0 Å². The summed E-state index contributed by atoms with van der Waals surface area (Å²) in [6.45, 7) is 4.80. The Balaban J connectivity index is 2.61. The fraction of sp³-hybridized carbons (Fsp3) is 0.533. The van der Waals surface area contributed by atoms with Crippen LogP contribution in [0.3, 0.4) is 0 Å². The van der Waals surface area contributed by atoms with E-state index in [1.807, 2.05) is 0 Å². The van der Waals surface area contributed by atoms with Gasteiger partial charge in [-0.2, -0.15) is 0 Å². The highest BCUT2D eigenvalue weighted by Crippen LogP contribution is 2.22. The fourth-order valence-electron chi connectivity index (χ4n) is 2.16. The minimum atomic E-state index is -0.979. The molecule has 1 aromatic rings. The first-order valence-electron chi connectivity index (χ1n) is 6.64. The Kier molecular flexibility index (Phi) is 6.09. The fourth-order valence-corrected chi connectivity index (χ4v) is 2.16. The Morgan fingerprint density at radius 3 is 2.42 bits per heavy atom. The van der Waals surface area contributed by atoms with E-state index in [0.29, 0.717) is 24.8 Å². The highest BCUT2D eigenvalue weighted by atomic mass is 19.2. The van der Waals surface area contributed by atoms with E-state index >= 15 is 0 Å². The Bertz CT molecular complexity index is 432. The predicted molar refractivity (Wildman–Crippen MR) is 71.9 cm³/mol. The number of ketones is 1. The molecule has 0 saturated heterocycles. The molecule has 0 fully saturated rings. The number of hydrogen-bond donors (Lipinski definition) is 1. The molecule has 1 aromatic carbocycles. The first-order chi connectivity index (χ1) is 8.95. The molecule has 0 bridgehead atoms. The standard InChI is InChI=1S/C15H21F2NO/c1-10(2)11(7-8-18)4-6-15(19)12-3-5-13(16)14(17)9-12/h3,5,9-11H,4,6-8,18H2,1-2H3. The van der Waals surface area contributed by atoms with Crippen LogP contribution < -0.4 is 5.73 Å². The molecule has 1 rings (SSSR count). The largest absolute Gasteiger partial charge is 0.330 e. The summed E-state index contributed by atoms with van der Waals surface area (Å²) < 4.78 is 25.8. The molecular formula is C15H21F2NO. The minimum Gasteiger partial charge on any atom is -0.330 e. The van der Waals surface area contributed by atoms with E-state index in [1.54, 1.807) is 0 Å². The molecule has 1 unspecified atom stereocenters. The van der Waals surface area contributed by atoms with E-state index in [2.05, 4.69) is 13.8 Å². The molecule has 0 spiro atoms.